The number of halogens is 3. The van der Waals surface area contributed by atoms with E-state index in [0.717, 1.165) is 31.7 Å². The molecule has 0 radical (unpaired) electrons. The van der Waals surface area contributed by atoms with Crippen molar-refractivity contribution in [3.05, 3.63) is 34.9 Å². The summed E-state index contributed by atoms with van der Waals surface area (Å²) in [6.45, 7) is 2.08. The van der Waals surface area contributed by atoms with E-state index in [1.165, 1.54) is 13.0 Å². The van der Waals surface area contributed by atoms with Crippen LogP contribution >= 0.6 is 15.9 Å². The maximum absolute atomic E-state index is 13.9. The lowest BCUT2D eigenvalue weighted by Gasteiger charge is -2.28. The molecule has 1 saturated carbocycles. The molecule has 0 aliphatic heterocycles. The molecule has 0 aromatic heterocycles. The predicted octanol–water partition coefficient (Wildman–Crippen LogP) is 4.05. The van der Waals surface area contributed by atoms with E-state index in [1.54, 1.807) is 4.90 Å². The number of rotatable bonds is 4. The number of hydrogen-bond acceptors (Lipinski definition) is 1. The van der Waals surface area contributed by atoms with Crippen LogP contribution in [0.2, 0.25) is 0 Å². The van der Waals surface area contributed by atoms with Crippen molar-refractivity contribution in [2.45, 2.75) is 38.6 Å². The zero-order valence-corrected chi connectivity index (χ0v) is 13.1. The zero-order valence-electron chi connectivity index (χ0n) is 11.5. The Morgan fingerprint density at radius 3 is 2.55 bits per heavy atom. The van der Waals surface area contributed by atoms with E-state index in [1.807, 2.05) is 0 Å². The van der Waals surface area contributed by atoms with Gasteiger partial charge in [-0.1, -0.05) is 28.8 Å². The van der Waals surface area contributed by atoms with Crippen LogP contribution in [-0.2, 0) is 0 Å². The number of alkyl halides is 1. The van der Waals surface area contributed by atoms with Crippen molar-refractivity contribution in [2.24, 2.45) is 0 Å². The fourth-order valence-electron chi connectivity index (χ4n) is 2.73. The number of benzene rings is 1. The second kappa shape index (κ2) is 6.66. The zero-order chi connectivity index (χ0) is 14.7. The lowest BCUT2D eigenvalue weighted by Crippen LogP contribution is -2.40. The molecule has 0 N–H and O–H groups in total. The molecular weight excluding hydrogens is 328 g/mol. The number of carbonyl (C=O) groups excluding carboxylic acids is 1. The first-order chi connectivity index (χ1) is 9.54. The number of nitrogens with zero attached hydrogens (tertiary/aromatic N) is 1. The van der Waals surface area contributed by atoms with Crippen LogP contribution in [0.15, 0.2) is 12.1 Å². The summed E-state index contributed by atoms with van der Waals surface area (Å²) in [4.78, 5) is 14.3. The smallest absolute Gasteiger partial charge is 0.257 e. The van der Waals surface area contributed by atoms with Crippen molar-refractivity contribution in [1.29, 1.82) is 0 Å². The Hall–Kier alpha value is -0.970. The summed E-state index contributed by atoms with van der Waals surface area (Å²) in [5, 5.41) is 0.650. The number of amides is 1. The number of carbonyl (C=O) groups is 1. The van der Waals surface area contributed by atoms with Gasteiger partial charge in [0.15, 0.2) is 0 Å². The molecule has 1 amide bonds. The minimum atomic E-state index is -0.782. The van der Waals surface area contributed by atoms with Gasteiger partial charge < -0.3 is 4.90 Å². The lowest BCUT2D eigenvalue weighted by atomic mass is 10.1. The second-order valence-electron chi connectivity index (χ2n) is 5.21. The van der Waals surface area contributed by atoms with Crippen LogP contribution in [0.4, 0.5) is 8.78 Å². The Kier molecular flexibility index (Phi) is 5.13. The summed E-state index contributed by atoms with van der Waals surface area (Å²) < 4.78 is 27.2. The third-order valence-electron chi connectivity index (χ3n) is 3.83. The van der Waals surface area contributed by atoms with E-state index in [2.05, 4.69) is 15.9 Å². The second-order valence-corrected chi connectivity index (χ2v) is 6.00. The molecule has 20 heavy (non-hydrogen) atoms. The van der Waals surface area contributed by atoms with Crippen molar-refractivity contribution in [2.75, 3.05) is 11.9 Å². The fourth-order valence-corrected chi connectivity index (χ4v) is 3.11. The first-order valence-electron chi connectivity index (χ1n) is 6.87. The van der Waals surface area contributed by atoms with Gasteiger partial charge in [-0.15, -0.1) is 0 Å². The van der Waals surface area contributed by atoms with Gasteiger partial charge >= 0.3 is 0 Å². The summed E-state index contributed by atoms with van der Waals surface area (Å²) in [6.07, 6.45) is 4.12. The van der Waals surface area contributed by atoms with E-state index in [0.29, 0.717) is 17.4 Å². The van der Waals surface area contributed by atoms with Gasteiger partial charge in [-0.3, -0.25) is 4.79 Å². The maximum atomic E-state index is 13.9. The highest BCUT2D eigenvalue weighted by Crippen LogP contribution is 2.26. The van der Waals surface area contributed by atoms with Crippen LogP contribution in [-0.4, -0.2) is 28.7 Å². The Morgan fingerprint density at radius 1 is 1.30 bits per heavy atom. The lowest BCUT2D eigenvalue weighted by molar-refractivity contribution is 0.0691. The Morgan fingerprint density at radius 2 is 1.95 bits per heavy atom. The standard InChI is InChI=1S/C15H18BrF2NO/c1-10-8-12(14(18)9-13(10)17)15(20)19(7-6-16)11-4-2-3-5-11/h8-9,11H,2-7H2,1H3. The van der Waals surface area contributed by atoms with E-state index < -0.39 is 11.6 Å². The highest BCUT2D eigenvalue weighted by Gasteiger charge is 2.28. The molecule has 0 unspecified atom stereocenters. The number of hydrogen-bond donors (Lipinski definition) is 0. The van der Waals surface area contributed by atoms with E-state index >= 15 is 0 Å². The highest BCUT2D eigenvalue weighted by molar-refractivity contribution is 9.09. The molecule has 1 aliphatic carbocycles. The van der Waals surface area contributed by atoms with E-state index in [-0.39, 0.29) is 17.5 Å². The van der Waals surface area contributed by atoms with E-state index in [4.69, 9.17) is 0 Å². The molecule has 2 rings (SSSR count). The molecular formula is C15H18BrF2NO. The molecule has 0 heterocycles. The molecule has 1 aromatic carbocycles. The van der Waals surface area contributed by atoms with Gasteiger partial charge in [0, 0.05) is 24.0 Å². The minimum absolute atomic E-state index is 0.0308. The summed E-state index contributed by atoms with van der Waals surface area (Å²) in [6, 6.07) is 2.27. The quantitative estimate of drug-likeness (QED) is 0.753. The molecule has 2 nitrogen and oxygen atoms in total. The van der Waals surface area contributed by atoms with Crippen LogP contribution in [0.3, 0.4) is 0 Å². The summed E-state index contributed by atoms with van der Waals surface area (Å²) in [5.41, 5.74) is 0.261. The van der Waals surface area contributed by atoms with Gasteiger partial charge in [0.2, 0.25) is 0 Å². The van der Waals surface area contributed by atoms with Crippen molar-refractivity contribution < 1.29 is 13.6 Å². The molecule has 1 fully saturated rings. The number of aryl methyl sites for hydroxylation is 1. The highest BCUT2D eigenvalue weighted by atomic mass is 79.9. The third kappa shape index (κ3) is 3.19. The molecule has 0 bridgehead atoms. The fraction of sp³-hybridized carbons (Fsp3) is 0.533. The Bertz CT molecular complexity index is 501. The molecule has 0 atom stereocenters. The molecule has 0 spiro atoms. The van der Waals surface area contributed by atoms with Crippen LogP contribution < -0.4 is 0 Å². The SMILES string of the molecule is Cc1cc(C(=O)N(CCBr)C2CCCC2)c(F)cc1F. The Balaban J connectivity index is 2.29. The van der Waals surface area contributed by atoms with Gasteiger partial charge in [0.05, 0.1) is 5.56 Å². The largest absolute Gasteiger partial charge is 0.335 e. The average molecular weight is 346 g/mol. The van der Waals surface area contributed by atoms with Crippen molar-refractivity contribution in [3.63, 3.8) is 0 Å². The van der Waals surface area contributed by atoms with Gasteiger partial charge in [-0.2, -0.15) is 0 Å². The van der Waals surface area contributed by atoms with Gasteiger partial charge in [-0.25, -0.2) is 8.78 Å². The minimum Gasteiger partial charge on any atom is -0.335 e. The molecule has 1 aliphatic rings. The summed E-state index contributed by atoms with van der Waals surface area (Å²) >= 11 is 3.33. The molecule has 5 heteroatoms. The van der Waals surface area contributed by atoms with Crippen LogP contribution in [0, 0.1) is 18.6 Å². The van der Waals surface area contributed by atoms with Crippen LogP contribution in [0.25, 0.3) is 0 Å². The summed E-state index contributed by atoms with van der Waals surface area (Å²) in [7, 11) is 0. The molecule has 1 aromatic rings. The van der Waals surface area contributed by atoms with Gasteiger partial charge in [0.1, 0.15) is 11.6 Å². The first kappa shape index (κ1) is 15.4. The monoisotopic (exact) mass is 345 g/mol. The van der Waals surface area contributed by atoms with Gasteiger partial charge in [0.25, 0.3) is 5.91 Å². The normalized spacial score (nSPS) is 15.6. The summed E-state index contributed by atoms with van der Waals surface area (Å²) in [5.74, 6) is -1.74. The van der Waals surface area contributed by atoms with Crippen molar-refractivity contribution >= 4 is 21.8 Å². The van der Waals surface area contributed by atoms with Crippen molar-refractivity contribution in [1.82, 2.24) is 4.90 Å². The third-order valence-corrected chi connectivity index (χ3v) is 4.19. The van der Waals surface area contributed by atoms with Crippen molar-refractivity contribution in [3.8, 4) is 0 Å². The van der Waals surface area contributed by atoms with Gasteiger partial charge in [-0.05, 0) is 31.4 Å². The van der Waals surface area contributed by atoms with E-state index in [9.17, 15) is 13.6 Å². The Labute approximate surface area is 126 Å². The van der Waals surface area contributed by atoms with Crippen LogP contribution in [0.5, 0.6) is 0 Å². The molecule has 110 valence electrons. The topological polar surface area (TPSA) is 20.3 Å². The predicted molar refractivity (Wildman–Crippen MR) is 78.2 cm³/mol. The molecule has 0 saturated heterocycles. The average Bonchev–Trinajstić information content (AvgIpc) is 2.93. The first-order valence-corrected chi connectivity index (χ1v) is 7.99. The van der Waals surface area contributed by atoms with Crippen LogP contribution in [0.1, 0.15) is 41.6 Å². The maximum Gasteiger partial charge on any atom is 0.257 e.